The van der Waals surface area contributed by atoms with Crippen LogP contribution in [-0.2, 0) is 16.2 Å². The zero-order chi connectivity index (χ0) is 18.7. The van der Waals surface area contributed by atoms with Crippen LogP contribution in [0.4, 0.5) is 0 Å². The van der Waals surface area contributed by atoms with Gasteiger partial charge in [-0.2, -0.15) is 0 Å². The zero-order valence-electron chi connectivity index (χ0n) is 16.9. The summed E-state index contributed by atoms with van der Waals surface area (Å²) in [5, 5.41) is 0. The van der Waals surface area contributed by atoms with Crippen LogP contribution in [0.2, 0.25) is 0 Å². The number of pyridine rings is 1. The molecule has 26 heavy (non-hydrogen) atoms. The second-order valence-corrected chi connectivity index (χ2v) is 9.74. The van der Waals surface area contributed by atoms with Gasteiger partial charge in [-0.25, -0.2) is 0 Å². The molecule has 1 nitrogen and oxygen atoms in total. The van der Waals surface area contributed by atoms with Crippen LogP contribution in [0.15, 0.2) is 37.0 Å². The molecule has 1 aromatic heterocycles. The van der Waals surface area contributed by atoms with Crippen LogP contribution in [-0.4, -0.2) is 4.98 Å². The van der Waals surface area contributed by atoms with Crippen molar-refractivity contribution in [3.63, 3.8) is 0 Å². The summed E-state index contributed by atoms with van der Waals surface area (Å²) < 4.78 is 0. The van der Waals surface area contributed by atoms with Crippen molar-refractivity contribution in [3.8, 4) is 0 Å². The lowest BCUT2D eigenvalue weighted by Crippen LogP contribution is -2.34. The van der Waals surface area contributed by atoms with Gasteiger partial charge in [0.1, 0.15) is 0 Å². The summed E-state index contributed by atoms with van der Waals surface area (Å²) in [6.07, 6.45) is 8.76. The molecule has 0 atom stereocenters. The van der Waals surface area contributed by atoms with Crippen molar-refractivity contribution in [3.05, 3.63) is 70.6 Å². The topological polar surface area (TPSA) is 12.9 Å². The Hall–Kier alpha value is -1.89. The highest BCUT2D eigenvalue weighted by atomic mass is 14.7. The molecule has 0 unspecified atom stereocenters. The van der Waals surface area contributed by atoms with E-state index in [1.807, 2.05) is 12.3 Å². The lowest BCUT2D eigenvalue weighted by Gasteiger charge is -2.43. The molecule has 1 fully saturated rings. The van der Waals surface area contributed by atoms with Crippen LogP contribution in [0.5, 0.6) is 0 Å². The summed E-state index contributed by atoms with van der Waals surface area (Å²) in [7, 11) is 0. The van der Waals surface area contributed by atoms with Crippen LogP contribution in [0, 0.1) is 6.92 Å². The quantitative estimate of drug-likeness (QED) is 0.622. The highest BCUT2D eigenvalue weighted by Crippen LogP contribution is 2.56. The molecule has 2 aliphatic rings. The highest BCUT2D eigenvalue weighted by Gasteiger charge is 2.49. The minimum absolute atomic E-state index is 0.122. The minimum Gasteiger partial charge on any atom is -0.260 e. The van der Waals surface area contributed by atoms with Gasteiger partial charge >= 0.3 is 0 Å². The second-order valence-electron chi connectivity index (χ2n) is 9.74. The van der Waals surface area contributed by atoms with Gasteiger partial charge in [-0.05, 0) is 77.3 Å². The molecule has 2 aromatic rings. The van der Waals surface area contributed by atoms with E-state index in [-0.39, 0.29) is 16.2 Å². The Labute approximate surface area is 158 Å². The molecule has 136 valence electrons. The fraction of sp³-hybridized carbons (Fsp3) is 0.480. The average Bonchev–Trinajstić information content (AvgIpc) is 3.40. The van der Waals surface area contributed by atoms with Crippen LogP contribution >= 0.6 is 0 Å². The maximum atomic E-state index is 4.81. The molecule has 0 N–H and O–H groups in total. The van der Waals surface area contributed by atoms with Crippen molar-refractivity contribution in [1.82, 2.24) is 4.98 Å². The zero-order valence-corrected chi connectivity index (χ0v) is 16.9. The monoisotopic (exact) mass is 345 g/mol. The van der Waals surface area contributed by atoms with Crippen LogP contribution in [0.3, 0.4) is 0 Å². The highest BCUT2D eigenvalue weighted by molar-refractivity contribution is 5.54. The van der Waals surface area contributed by atoms with Crippen molar-refractivity contribution in [2.75, 3.05) is 0 Å². The molecule has 0 spiro atoms. The summed E-state index contributed by atoms with van der Waals surface area (Å²) in [6.45, 7) is 15.8. The SMILES string of the molecule is C=Cc1ccc(C2(c3cc4c(cc3C)C(C)(C)CCC4(C)C)CC2)nc1. The van der Waals surface area contributed by atoms with Gasteiger partial charge in [-0.3, -0.25) is 4.98 Å². The van der Waals surface area contributed by atoms with Crippen molar-refractivity contribution >= 4 is 6.08 Å². The lowest BCUT2D eigenvalue weighted by atomic mass is 9.62. The largest absolute Gasteiger partial charge is 0.260 e. The fourth-order valence-electron chi connectivity index (χ4n) is 4.84. The smallest absolute Gasteiger partial charge is 0.0509 e. The van der Waals surface area contributed by atoms with Gasteiger partial charge in [0.15, 0.2) is 0 Å². The summed E-state index contributed by atoms with van der Waals surface area (Å²) >= 11 is 0. The molecule has 0 aliphatic heterocycles. The van der Waals surface area contributed by atoms with E-state index in [4.69, 9.17) is 4.98 Å². The minimum atomic E-state index is 0.122. The van der Waals surface area contributed by atoms with E-state index in [1.165, 1.54) is 42.5 Å². The van der Waals surface area contributed by atoms with Crippen LogP contribution < -0.4 is 0 Å². The first-order chi connectivity index (χ1) is 12.2. The van der Waals surface area contributed by atoms with E-state index in [0.29, 0.717) is 0 Å². The summed E-state index contributed by atoms with van der Waals surface area (Å²) in [6, 6.07) is 9.39. The predicted octanol–water partition coefficient (Wildman–Crippen LogP) is 6.46. The molecule has 2 aliphatic carbocycles. The first-order valence-corrected chi connectivity index (χ1v) is 9.95. The van der Waals surface area contributed by atoms with Gasteiger partial charge in [0, 0.05) is 11.6 Å². The second kappa shape index (κ2) is 5.55. The number of fused-ring (bicyclic) bond motifs is 1. The molecular weight excluding hydrogens is 314 g/mol. The third-order valence-electron chi connectivity index (χ3n) is 6.98. The fourth-order valence-corrected chi connectivity index (χ4v) is 4.84. The summed E-state index contributed by atoms with van der Waals surface area (Å²) in [5.41, 5.74) is 9.01. The van der Waals surface area contributed by atoms with Gasteiger partial charge in [0.2, 0.25) is 0 Å². The predicted molar refractivity (Wildman–Crippen MR) is 111 cm³/mol. The summed E-state index contributed by atoms with van der Waals surface area (Å²) in [5.74, 6) is 0. The normalized spacial score (nSPS) is 21.7. The van der Waals surface area contributed by atoms with Gasteiger partial charge in [0.25, 0.3) is 0 Å². The van der Waals surface area contributed by atoms with E-state index in [2.05, 4.69) is 65.5 Å². The number of rotatable bonds is 3. The third-order valence-corrected chi connectivity index (χ3v) is 6.98. The van der Waals surface area contributed by atoms with E-state index >= 15 is 0 Å². The van der Waals surface area contributed by atoms with Crippen molar-refractivity contribution in [1.29, 1.82) is 0 Å². The Bertz CT molecular complexity index is 864. The Balaban J connectivity index is 1.86. The number of benzene rings is 1. The molecule has 0 radical (unpaired) electrons. The van der Waals surface area contributed by atoms with E-state index in [0.717, 1.165) is 5.56 Å². The molecule has 0 amide bonds. The number of aryl methyl sites for hydroxylation is 1. The Morgan fingerprint density at radius 3 is 2.00 bits per heavy atom. The average molecular weight is 346 g/mol. The molecule has 0 bridgehead atoms. The Morgan fingerprint density at radius 1 is 0.885 bits per heavy atom. The van der Waals surface area contributed by atoms with E-state index < -0.39 is 0 Å². The molecular formula is C25H31N. The van der Waals surface area contributed by atoms with Gasteiger partial charge in [-0.15, -0.1) is 0 Å². The number of nitrogens with zero attached hydrogens (tertiary/aromatic N) is 1. The van der Waals surface area contributed by atoms with Crippen molar-refractivity contribution in [2.24, 2.45) is 0 Å². The first kappa shape index (κ1) is 17.5. The maximum absolute atomic E-state index is 4.81. The Kier molecular flexibility index (Phi) is 3.74. The molecule has 1 saturated carbocycles. The van der Waals surface area contributed by atoms with Crippen molar-refractivity contribution in [2.45, 2.75) is 76.5 Å². The molecule has 1 heterocycles. The number of aromatic nitrogens is 1. The molecule has 1 heteroatoms. The Morgan fingerprint density at radius 2 is 1.50 bits per heavy atom. The number of hydrogen-bond donors (Lipinski definition) is 0. The molecule has 4 rings (SSSR count). The van der Waals surface area contributed by atoms with Crippen LogP contribution in [0.25, 0.3) is 6.08 Å². The maximum Gasteiger partial charge on any atom is 0.0509 e. The molecule has 0 saturated heterocycles. The van der Waals surface area contributed by atoms with E-state index in [9.17, 15) is 0 Å². The number of hydrogen-bond acceptors (Lipinski definition) is 1. The summed E-state index contributed by atoms with van der Waals surface area (Å²) in [4.78, 5) is 4.81. The van der Waals surface area contributed by atoms with Crippen molar-refractivity contribution < 1.29 is 0 Å². The lowest BCUT2D eigenvalue weighted by molar-refractivity contribution is 0.331. The first-order valence-electron chi connectivity index (χ1n) is 9.95. The van der Waals surface area contributed by atoms with E-state index in [1.54, 1.807) is 11.1 Å². The van der Waals surface area contributed by atoms with Gasteiger partial charge < -0.3 is 0 Å². The third kappa shape index (κ3) is 2.55. The van der Waals surface area contributed by atoms with Gasteiger partial charge in [0.05, 0.1) is 5.69 Å². The standard InChI is InChI=1S/C25H31N/c1-7-18-8-9-22(26-16-18)25(12-13-25)19-15-21-20(14-17(19)2)23(3,4)10-11-24(21,5)6/h7-9,14-16H,1,10-13H2,2-6H3. The molecule has 1 aromatic carbocycles. The van der Waals surface area contributed by atoms with Crippen LogP contribution in [0.1, 0.15) is 86.9 Å². The van der Waals surface area contributed by atoms with Gasteiger partial charge in [-0.1, -0.05) is 58.5 Å².